The van der Waals surface area contributed by atoms with Gasteiger partial charge in [0.2, 0.25) is 0 Å². The molecule has 0 aromatic carbocycles. The summed E-state index contributed by atoms with van der Waals surface area (Å²) in [7, 11) is 0. The lowest BCUT2D eigenvalue weighted by atomic mass is 10.2. The third-order valence-electron chi connectivity index (χ3n) is 2.87. The van der Waals surface area contributed by atoms with Crippen LogP contribution in [-0.2, 0) is 13.0 Å². The zero-order valence-electron chi connectivity index (χ0n) is 11.4. The Bertz CT molecular complexity index is 654. The number of aromatic carboxylic acids is 1. The number of anilines is 1. The highest BCUT2D eigenvalue weighted by Crippen LogP contribution is 2.17. The molecule has 2 aromatic rings. The number of pyridine rings is 1. The number of amides is 2. The van der Waals surface area contributed by atoms with Crippen molar-refractivity contribution in [3.8, 4) is 0 Å². The van der Waals surface area contributed by atoms with Gasteiger partial charge >= 0.3 is 12.0 Å². The number of urea groups is 1. The van der Waals surface area contributed by atoms with Crippen LogP contribution in [0.5, 0.6) is 0 Å². The molecule has 2 aromatic heterocycles. The molecule has 0 aliphatic carbocycles. The summed E-state index contributed by atoms with van der Waals surface area (Å²) in [6.45, 7) is 2.51. The minimum Gasteiger partial charge on any atom is -0.478 e. The zero-order valence-corrected chi connectivity index (χ0v) is 12.2. The number of hydrogen-bond acceptors (Lipinski definition) is 4. The van der Waals surface area contributed by atoms with E-state index in [4.69, 9.17) is 5.11 Å². The van der Waals surface area contributed by atoms with Crippen LogP contribution in [0.1, 0.15) is 27.7 Å². The fourth-order valence-electron chi connectivity index (χ4n) is 1.80. The monoisotopic (exact) mass is 305 g/mol. The second kappa shape index (κ2) is 6.85. The molecular weight excluding hydrogens is 290 g/mol. The molecule has 2 rings (SSSR count). The van der Waals surface area contributed by atoms with Crippen molar-refractivity contribution in [1.29, 1.82) is 0 Å². The molecule has 0 spiro atoms. The average Bonchev–Trinajstić information content (AvgIpc) is 2.93. The van der Waals surface area contributed by atoms with Crippen molar-refractivity contribution in [3.05, 3.63) is 45.9 Å². The number of nitrogens with zero attached hydrogens (tertiary/aromatic N) is 1. The van der Waals surface area contributed by atoms with Gasteiger partial charge in [0.1, 0.15) is 0 Å². The van der Waals surface area contributed by atoms with Gasteiger partial charge in [0.05, 0.1) is 24.0 Å². The van der Waals surface area contributed by atoms with Crippen LogP contribution in [0.15, 0.2) is 29.9 Å². The van der Waals surface area contributed by atoms with Crippen molar-refractivity contribution in [3.63, 3.8) is 0 Å². The van der Waals surface area contributed by atoms with Crippen molar-refractivity contribution in [1.82, 2.24) is 10.3 Å². The smallest absolute Gasteiger partial charge is 0.337 e. The molecule has 7 heteroatoms. The van der Waals surface area contributed by atoms with Gasteiger partial charge in [-0.15, -0.1) is 11.3 Å². The molecule has 0 saturated carbocycles. The first kappa shape index (κ1) is 15.0. The van der Waals surface area contributed by atoms with Crippen LogP contribution >= 0.6 is 11.3 Å². The molecular formula is C14H15N3O3S. The molecule has 0 fully saturated rings. The predicted octanol–water partition coefficient (Wildman–Crippen LogP) is 2.73. The number of nitrogens with one attached hydrogen (secondary N) is 2. The van der Waals surface area contributed by atoms with Crippen LogP contribution in [0.4, 0.5) is 10.5 Å². The van der Waals surface area contributed by atoms with Crippen molar-refractivity contribution in [2.24, 2.45) is 0 Å². The standard InChI is InChI=1S/C14H15N3O3S/c1-2-9-3-4-21-12(9)8-16-14(20)17-11-5-10(13(18)19)6-15-7-11/h3-7H,2,8H2,1H3,(H,18,19)(H2,16,17,20). The second-order valence-electron chi connectivity index (χ2n) is 4.30. The minimum absolute atomic E-state index is 0.0272. The van der Waals surface area contributed by atoms with Gasteiger partial charge in [0, 0.05) is 11.1 Å². The van der Waals surface area contributed by atoms with Gasteiger partial charge in [-0.3, -0.25) is 4.98 Å². The van der Waals surface area contributed by atoms with Crippen molar-refractivity contribution < 1.29 is 14.7 Å². The van der Waals surface area contributed by atoms with E-state index in [1.54, 1.807) is 11.3 Å². The fourth-order valence-corrected chi connectivity index (χ4v) is 2.71. The Hall–Kier alpha value is -2.41. The predicted molar refractivity (Wildman–Crippen MR) is 80.8 cm³/mol. The SMILES string of the molecule is CCc1ccsc1CNC(=O)Nc1cncc(C(=O)O)c1. The van der Waals surface area contributed by atoms with E-state index in [2.05, 4.69) is 22.5 Å². The normalized spacial score (nSPS) is 10.1. The molecule has 0 atom stereocenters. The Balaban J connectivity index is 1.93. The number of carbonyl (C=O) groups is 2. The molecule has 2 heterocycles. The van der Waals surface area contributed by atoms with Crippen LogP contribution in [0.2, 0.25) is 0 Å². The van der Waals surface area contributed by atoms with E-state index >= 15 is 0 Å². The number of carboxylic acids is 1. The number of thiophene rings is 1. The van der Waals surface area contributed by atoms with Crippen molar-refractivity contribution >= 4 is 29.0 Å². The molecule has 0 unspecified atom stereocenters. The largest absolute Gasteiger partial charge is 0.478 e. The summed E-state index contributed by atoms with van der Waals surface area (Å²) in [6, 6.07) is 3.01. The third-order valence-corrected chi connectivity index (χ3v) is 3.83. The molecule has 0 bridgehead atoms. The number of aryl methyl sites for hydroxylation is 1. The first-order valence-corrected chi connectivity index (χ1v) is 7.26. The van der Waals surface area contributed by atoms with Gasteiger partial charge in [-0.1, -0.05) is 6.92 Å². The summed E-state index contributed by atoms with van der Waals surface area (Å²) < 4.78 is 0. The maximum atomic E-state index is 11.8. The lowest BCUT2D eigenvalue weighted by Crippen LogP contribution is -2.28. The molecule has 0 aliphatic heterocycles. The Morgan fingerprint density at radius 2 is 2.19 bits per heavy atom. The first-order chi connectivity index (χ1) is 10.1. The van der Waals surface area contributed by atoms with Gasteiger partial charge in [0.15, 0.2) is 0 Å². The van der Waals surface area contributed by atoms with Gasteiger partial charge in [-0.05, 0) is 29.5 Å². The Morgan fingerprint density at radius 3 is 2.90 bits per heavy atom. The fraction of sp³-hybridized carbons (Fsp3) is 0.214. The van der Waals surface area contributed by atoms with E-state index in [1.165, 1.54) is 24.0 Å². The highest BCUT2D eigenvalue weighted by molar-refractivity contribution is 7.10. The molecule has 2 amide bonds. The van der Waals surface area contributed by atoms with E-state index in [1.807, 2.05) is 11.4 Å². The van der Waals surface area contributed by atoms with Crippen molar-refractivity contribution in [2.45, 2.75) is 19.9 Å². The van der Waals surface area contributed by atoms with E-state index in [0.29, 0.717) is 12.2 Å². The Kier molecular flexibility index (Phi) is 4.89. The zero-order chi connectivity index (χ0) is 15.2. The van der Waals surface area contributed by atoms with E-state index < -0.39 is 12.0 Å². The topological polar surface area (TPSA) is 91.3 Å². The maximum absolute atomic E-state index is 11.8. The van der Waals surface area contributed by atoms with Gasteiger partial charge in [0.25, 0.3) is 0 Å². The average molecular weight is 305 g/mol. The Labute approximate surface area is 125 Å². The highest BCUT2D eigenvalue weighted by atomic mass is 32.1. The molecule has 0 aliphatic rings. The van der Waals surface area contributed by atoms with Crippen molar-refractivity contribution in [2.75, 3.05) is 5.32 Å². The lowest BCUT2D eigenvalue weighted by molar-refractivity contribution is 0.0696. The third kappa shape index (κ3) is 4.03. The van der Waals surface area contributed by atoms with Crippen LogP contribution < -0.4 is 10.6 Å². The maximum Gasteiger partial charge on any atom is 0.337 e. The molecule has 3 N–H and O–H groups in total. The summed E-state index contributed by atoms with van der Waals surface area (Å²) in [5, 5.41) is 16.2. The summed E-state index contributed by atoms with van der Waals surface area (Å²) in [6.07, 6.45) is 3.55. The van der Waals surface area contributed by atoms with E-state index in [0.717, 1.165) is 11.3 Å². The minimum atomic E-state index is -1.09. The lowest BCUT2D eigenvalue weighted by Gasteiger charge is -2.08. The van der Waals surface area contributed by atoms with Gasteiger partial charge in [-0.2, -0.15) is 0 Å². The molecule has 21 heavy (non-hydrogen) atoms. The molecule has 0 saturated heterocycles. The van der Waals surface area contributed by atoms with Crippen LogP contribution in [0, 0.1) is 0 Å². The summed E-state index contributed by atoms with van der Waals surface area (Å²) in [4.78, 5) is 27.5. The quantitative estimate of drug-likeness (QED) is 0.792. The van der Waals surface area contributed by atoms with Crippen LogP contribution in [-0.4, -0.2) is 22.1 Å². The van der Waals surface area contributed by atoms with E-state index in [9.17, 15) is 9.59 Å². The summed E-state index contributed by atoms with van der Waals surface area (Å²) in [5.74, 6) is -1.09. The molecule has 110 valence electrons. The molecule has 6 nitrogen and oxygen atoms in total. The van der Waals surface area contributed by atoms with Gasteiger partial charge in [-0.25, -0.2) is 9.59 Å². The Morgan fingerprint density at radius 1 is 1.38 bits per heavy atom. The number of rotatable bonds is 5. The highest BCUT2D eigenvalue weighted by Gasteiger charge is 2.08. The van der Waals surface area contributed by atoms with Crippen LogP contribution in [0.25, 0.3) is 0 Å². The number of aromatic nitrogens is 1. The first-order valence-electron chi connectivity index (χ1n) is 6.38. The second-order valence-corrected chi connectivity index (χ2v) is 5.30. The summed E-state index contributed by atoms with van der Waals surface area (Å²) in [5.41, 5.74) is 1.59. The van der Waals surface area contributed by atoms with E-state index in [-0.39, 0.29) is 5.56 Å². The number of carboxylic acid groups (broad SMARTS) is 1. The number of hydrogen-bond donors (Lipinski definition) is 3. The van der Waals surface area contributed by atoms with Crippen LogP contribution in [0.3, 0.4) is 0 Å². The molecule has 0 radical (unpaired) electrons. The number of carbonyl (C=O) groups excluding carboxylic acids is 1. The summed E-state index contributed by atoms with van der Waals surface area (Å²) >= 11 is 1.60. The van der Waals surface area contributed by atoms with Gasteiger partial charge < -0.3 is 15.7 Å².